The van der Waals surface area contributed by atoms with Gasteiger partial charge in [0.1, 0.15) is 23.4 Å². The molecule has 188 valence electrons. The number of nitrogens with zero attached hydrogens (tertiary/aromatic N) is 8. The Labute approximate surface area is 211 Å². The number of carbonyl (C=O) groups is 1. The summed E-state index contributed by atoms with van der Waals surface area (Å²) in [5, 5.41) is 8.09. The number of amides is 1. The first-order valence-electron chi connectivity index (χ1n) is 12.0. The van der Waals surface area contributed by atoms with Gasteiger partial charge in [-0.15, -0.1) is 0 Å². The van der Waals surface area contributed by atoms with Crippen LogP contribution in [0.4, 0.5) is 15.9 Å². The van der Waals surface area contributed by atoms with Gasteiger partial charge in [0, 0.05) is 56.6 Å². The van der Waals surface area contributed by atoms with Crippen LogP contribution in [0.2, 0.25) is 0 Å². The predicted molar refractivity (Wildman–Crippen MR) is 137 cm³/mol. The highest BCUT2D eigenvalue weighted by molar-refractivity contribution is 5.95. The molecular formula is C25H25FN10O. The lowest BCUT2D eigenvalue weighted by Crippen LogP contribution is -2.49. The van der Waals surface area contributed by atoms with Gasteiger partial charge in [0.2, 0.25) is 0 Å². The Hall–Kier alpha value is -4.61. The number of anilines is 2. The minimum atomic E-state index is -0.339. The van der Waals surface area contributed by atoms with Crippen molar-refractivity contribution in [1.29, 1.82) is 0 Å². The number of pyridine rings is 1. The first-order valence-corrected chi connectivity index (χ1v) is 12.0. The van der Waals surface area contributed by atoms with E-state index in [9.17, 15) is 4.79 Å². The van der Waals surface area contributed by atoms with Gasteiger partial charge in [0.05, 0.1) is 23.6 Å². The van der Waals surface area contributed by atoms with Gasteiger partial charge in [-0.3, -0.25) is 14.5 Å². The van der Waals surface area contributed by atoms with E-state index >= 15 is 4.39 Å². The highest BCUT2D eigenvalue weighted by Crippen LogP contribution is 2.37. The summed E-state index contributed by atoms with van der Waals surface area (Å²) in [6.45, 7) is 4.14. The predicted octanol–water partition coefficient (Wildman–Crippen LogP) is 2.91. The Kier molecular flexibility index (Phi) is 5.63. The highest BCUT2D eigenvalue weighted by atomic mass is 19.1. The maximum atomic E-state index is 15.3. The molecule has 5 heterocycles. The first kappa shape index (κ1) is 22.8. The third-order valence-corrected chi connectivity index (χ3v) is 6.70. The number of halogens is 1. The third kappa shape index (κ3) is 4.09. The van der Waals surface area contributed by atoms with E-state index in [2.05, 4.69) is 40.2 Å². The number of hydrogen-bond donors (Lipinski definition) is 2. The van der Waals surface area contributed by atoms with Crippen LogP contribution in [-0.4, -0.2) is 71.7 Å². The molecule has 1 fully saturated rings. The van der Waals surface area contributed by atoms with Crippen molar-refractivity contribution in [3.63, 3.8) is 0 Å². The van der Waals surface area contributed by atoms with E-state index in [1.807, 2.05) is 6.92 Å². The van der Waals surface area contributed by atoms with Crippen LogP contribution in [0.3, 0.4) is 0 Å². The van der Waals surface area contributed by atoms with Crippen molar-refractivity contribution < 1.29 is 9.18 Å². The fourth-order valence-corrected chi connectivity index (χ4v) is 4.85. The number of aryl methyl sites for hydroxylation is 1. The number of rotatable bonds is 5. The summed E-state index contributed by atoms with van der Waals surface area (Å²) in [6, 6.07) is 6.44. The molecule has 1 saturated heterocycles. The van der Waals surface area contributed by atoms with Crippen LogP contribution >= 0.6 is 0 Å². The first-order chi connectivity index (χ1) is 18.0. The number of aromatic nitrogens is 7. The normalized spacial score (nSPS) is 14.9. The summed E-state index contributed by atoms with van der Waals surface area (Å²) >= 11 is 0. The molecule has 0 saturated carbocycles. The zero-order valence-corrected chi connectivity index (χ0v) is 20.4. The Morgan fingerprint density at radius 3 is 2.76 bits per heavy atom. The summed E-state index contributed by atoms with van der Waals surface area (Å²) in [4.78, 5) is 37.2. The van der Waals surface area contributed by atoms with Crippen LogP contribution < -0.4 is 10.2 Å². The van der Waals surface area contributed by atoms with E-state index < -0.39 is 0 Å². The van der Waals surface area contributed by atoms with Crippen molar-refractivity contribution in [3.8, 4) is 0 Å². The number of fused-ring (bicyclic) bond motifs is 2. The second-order valence-electron chi connectivity index (χ2n) is 9.04. The molecule has 1 unspecified atom stereocenters. The molecule has 5 aromatic rings. The molecule has 37 heavy (non-hydrogen) atoms. The van der Waals surface area contributed by atoms with Crippen LogP contribution in [0.15, 0.2) is 49.3 Å². The van der Waals surface area contributed by atoms with Crippen molar-refractivity contribution >= 4 is 39.5 Å². The molecule has 1 aliphatic rings. The average Bonchev–Trinajstić information content (AvgIpc) is 3.58. The summed E-state index contributed by atoms with van der Waals surface area (Å²) in [5.74, 6) is 0.145. The Morgan fingerprint density at radius 1 is 1.14 bits per heavy atom. The molecule has 1 atom stereocenters. The van der Waals surface area contributed by atoms with Crippen LogP contribution in [-0.2, 0) is 7.05 Å². The van der Waals surface area contributed by atoms with E-state index in [0.717, 1.165) is 11.3 Å². The Bertz CT molecular complexity index is 1600. The molecule has 0 bridgehead atoms. The molecule has 0 radical (unpaired) electrons. The molecule has 4 aromatic heterocycles. The summed E-state index contributed by atoms with van der Waals surface area (Å²) in [6.07, 6.45) is 6.44. The molecule has 0 aliphatic carbocycles. The SMILES string of the molecule is CC(Nc1ncnc2nc[nH]c12)c1cc(F)c2cccnc2c1N1CCN(C(=O)c2ccn(C)n2)CC1. The van der Waals surface area contributed by atoms with E-state index in [4.69, 9.17) is 0 Å². The average molecular weight is 501 g/mol. The van der Waals surface area contributed by atoms with Crippen LogP contribution in [0.1, 0.15) is 29.0 Å². The zero-order chi connectivity index (χ0) is 25.5. The van der Waals surface area contributed by atoms with Crippen molar-refractivity contribution in [2.45, 2.75) is 13.0 Å². The van der Waals surface area contributed by atoms with Gasteiger partial charge in [-0.25, -0.2) is 19.3 Å². The van der Waals surface area contributed by atoms with Crippen molar-refractivity contribution in [3.05, 3.63) is 66.4 Å². The van der Waals surface area contributed by atoms with E-state index in [1.165, 1.54) is 6.33 Å². The number of benzene rings is 1. The van der Waals surface area contributed by atoms with Gasteiger partial charge < -0.3 is 20.1 Å². The zero-order valence-electron chi connectivity index (χ0n) is 20.4. The van der Waals surface area contributed by atoms with E-state index in [0.29, 0.717) is 59.8 Å². The van der Waals surface area contributed by atoms with Crippen molar-refractivity contribution in [2.75, 3.05) is 36.4 Å². The number of H-pyrrole nitrogens is 1. The number of carbonyl (C=O) groups excluding carboxylic acids is 1. The van der Waals surface area contributed by atoms with Gasteiger partial charge in [-0.1, -0.05) is 0 Å². The summed E-state index contributed by atoms with van der Waals surface area (Å²) in [7, 11) is 1.79. The molecule has 1 amide bonds. The van der Waals surface area contributed by atoms with Gasteiger partial charge in [0.15, 0.2) is 11.5 Å². The van der Waals surface area contributed by atoms with Gasteiger partial charge in [-0.05, 0) is 31.2 Å². The molecular weight excluding hydrogens is 475 g/mol. The molecule has 0 spiro atoms. The maximum Gasteiger partial charge on any atom is 0.274 e. The molecule has 1 aliphatic heterocycles. The van der Waals surface area contributed by atoms with Crippen LogP contribution in [0, 0.1) is 5.82 Å². The number of nitrogens with one attached hydrogen (secondary N) is 2. The Morgan fingerprint density at radius 2 is 1.97 bits per heavy atom. The highest BCUT2D eigenvalue weighted by Gasteiger charge is 2.28. The molecule has 2 N–H and O–H groups in total. The lowest BCUT2D eigenvalue weighted by Gasteiger charge is -2.37. The number of imidazole rings is 1. The number of piperazine rings is 1. The largest absolute Gasteiger partial charge is 0.366 e. The smallest absolute Gasteiger partial charge is 0.274 e. The van der Waals surface area contributed by atoms with Crippen LogP contribution in [0.25, 0.3) is 22.1 Å². The van der Waals surface area contributed by atoms with Gasteiger partial charge in [-0.2, -0.15) is 5.10 Å². The summed E-state index contributed by atoms with van der Waals surface area (Å²) < 4.78 is 16.9. The standard InChI is InChI=1S/C25H25FN10O/c1-15(32-24-21-23(29-13-28-21)30-14-31-24)17-12-18(26)16-4-3-6-27-20(16)22(17)35-8-10-36(11-9-35)25(37)19-5-7-34(2)33-19/h3-7,12-15H,8-11H2,1-2H3,(H2,28,29,30,31,32). The lowest BCUT2D eigenvalue weighted by atomic mass is 10.00. The van der Waals surface area contributed by atoms with E-state index in [-0.39, 0.29) is 17.8 Å². The second-order valence-corrected chi connectivity index (χ2v) is 9.04. The molecule has 6 rings (SSSR count). The monoisotopic (exact) mass is 500 g/mol. The van der Waals surface area contributed by atoms with Gasteiger partial charge in [0.25, 0.3) is 5.91 Å². The third-order valence-electron chi connectivity index (χ3n) is 6.70. The minimum Gasteiger partial charge on any atom is -0.366 e. The lowest BCUT2D eigenvalue weighted by molar-refractivity contribution is 0.0740. The quantitative estimate of drug-likeness (QED) is 0.378. The molecule has 12 heteroatoms. The fourth-order valence-electron chi connectivity index (χ4n) is 4.85. The second kappa shape index (κ2) is 9.12. The van der Waals surface area contributed by atoms with Crippen LogP contribution in [0.5, 0.6) is 0 Å². The number of hydrogen-bond acceptors (Lipinski definition) is 8. The van der Waals surface area contributed by atoms with E-state index in [1.54, 1.807) is 59.6 Å². The van der Waals surface area contributed by atoms with Gasteiger partial charge >= 0.3 is 0 Å². The molecule has 1 aromatic carbocycles. The summed E-state index contributed by atoms with van der Waals surface area (Å²) in [5.41, 5.74) is 3.83. The fraction of sp³-hybridized carbons (Fsp3) is 0.280. The van der Waals surface area contributed by atoms with Crippen molar-refractivity contribution in [1.82, 2.24) is 39.6 Å². The molecule has 11 nitrogen and oxygen atoms in total. The minimum absolute atomic E-state index is 0.0927. The topological polar surface area (TPSA) is 121 Å². The van der Waals surface area contributed by atoms with Crippen molar-refractivity contribution in [2.24, 2.45) is 7.05 Å². The number of aromatic amines is 1. The Balaban J connectivity index is 1.33. The maximum absolute atomic E-state index is 15.3.